The first-order chi connectivity index (χ1) is 16.8. The van der Waals surface area contributed by atoms with Crippen molar-refractivity contribution in [3.05, 3.63) is 65.2 Å². The SMILES string of the molecule is COc1cccc(CC(C2CCN(C(=O)CCc3ccc(C)cc3)CC2)N(C)C(=O)CC(C)C)c1. The van der Waals surface area contributed by atoms with Gasteiger partial charge < -0.3 is 14.5 Å². The molecule has 2 aromatic rings. The maximum Gasteiger partial charge on any atom is 0.222 e. The summed E-state index contributed by atoms with van der Waals surface area (Å²) in [4.78, 5) is 29.9. The Labute approximate surface area is 211 Å². The molecule has 2 aromatic carbocycles. The van der Waals surface area contributed by atoms with E-state index in [1.807, 2.05) is 29.0 Å². The van der Waals surface area contributed by atoms with Crippen molar-refractivity contribution in [2.24, 2.45) is 11.8 Å². The molecule has 0 N–H and O–H groups in total. The second kappa shape index (κ2) is 12.8. The van der Waals surface area contributed by atoms with Gasteiger partial charge in [-0.15, -0.1) is 0 Å². The first kappa shape index (κ1) is 26.8. The molecule has 0 saturated carbocycles. The predicted molar refractivity (Wildman–Crippen MR) is 142 cm³/mol. The largest absolute Gasteiger partial charge is 0.497 e. The van der Waals surface area contributed by atoms with E-state index in [-0.39, 0.29) is 17.9 Å². The highest BCUT2D eigenvalue weighted by Gasteiger charge is 2.32. The summed E-state index contributed by atoms with van der Waals surface area (Å²) in [6.07, 6.45) is 4.52. The van der Waals surface area contributed by atoms with Crippen LogP contribution in [-0.2, 0) is 22.4 Å². The number of hydrogen-bond acceptors (Lipinski definition) is 3. The van der Waals surface area contributed by atoms with E-state index in [2.05, 4.69) is 57.2 Å². The van der Waals surface area contributed by atoms with Gasteiger partial charge in [0.1, 0.15) is 5.75 Å². The number of methoxy groups -OCH3 is 1. The van der Waals surface area contributed by atoms with Crippen molar-refractivity contribution >= 4 is 11.8 Å². The topological polar surface area (TPSA) is 49.9 Å². The summed E-state index contributed by atoms with van der Waals surface area (Å²) in [6, 6.07) is 16.7. The van der Waals surface area contributed by atoms with Gasteiger partial charge >= 0.3 is 0 Å². The van der Waals surface area contributed by atoms with Crippen LogP contribution in [0.25, 0.3) is 0 Å². The Morgan fingerprint density at radius 2 is 1.74 bits per heavy atom. The molecular weight excluding hydrogens is 436 g/mol. The van der Waals surface area contributed by atoms with Gasteiger partial charge in [0.15, 0.2) is 0 Å². The lowest BCUT2D eigenvalue weighted by Gasteiger charge is -2.40. The molecule has 1 fully saturated rings. The number of benzene rings is 2. The van der Waals surface area contributed by atoms with E-state index in [0.29, 0.717) is 24.7 Å². The van der Waals surface area contributed by atoms with Gasteiger partial charge in [-0.1, -0.05) is 55.8 Å². The van der Waals surface area contributed by atoms with Gasteiger partial charge in [-0.25, -0.2) is 0 Å². The van der Waals surface area contributed by atoms with E-state index in [0.717, 1.165) is 44.5 Å². The fraction of sp³-hybridized carbons (Fsp3) is 0.533. The van der Waals surface area contributed by atoms with E-state index < -0.39 is 0 Å². The highest BCUT2D eigenvalue weighted by molar-refractivity contribution is 5.77. The van der Waals surface area contributed by atoms with Crippen molar-refractivity contribution < 1.29 is 14.3 Å². The molecule has 35 heavy (non-hydrogen) atoms. The van der Waals surface area contributed by atoms with Crippen molar-refractivity contribution in [2.45, 2.75) is 65.3 Å². The quantitative estimate of drug-likeness (QED) is 0.466. The molecule has 2 amide bonds. The number of rotatable bonds is 10. The average molecular weight is 479 g/mol. The molecule has 5 nitrogen and oxygen atoms in total. The highest BCUT2D eigenvalue weighted by atomic mass is 16.5. The minimum absolute atomic E-state index is 0.109. The lowest BCUT2D eigenvalue weighted by molar-refractivity contribution is -0.136. The lowest BCUT2D eigenvalue weighted by Crippen LogP contribution is -2.48. The molecule has 1 heterocycles. The zero-order valence-electron chi connectivity index (χ0n) is 22.1. The Morgan fingerprint density at radius 1 is 1.06 bits per heavy atom. The van der Waals surface area contributed by atoms with Crippen molar-refractivity contribution in [3.8, 4) is 5.75 Å². The van der Waals surface area contributed by atoms with E-state index in [9.17, 15) is 9.59 Å². The third-order valence-electron chi connectivity index (χ3n) is 7.24. The third kappa shape index (κ3) is 7.84. The molecule has 5 heteroatoms. The minimum Gasteiger partial charge on any atom is -0.497 e. The molecule has 190 valence electrons. The molecule has 1 saturated heterocycles. The summed E-state index contributed by atoms with van der Waals surface area (Å²) in [5.41, 5.74) is 3.63. The molecule has 1 unspecified atom stereocenters. The number of carbonyl (C=O) groups is 2. The number of aryl methyl sites for hydroxylation is 2. The standard InChI is InChI=1S/C30H42N2O3/c1-22(2)19-30(34)31(4)28(21-25-7-6-8-27(20-25)35-5)26-15-17-32(18-16-26)29(33)14-13-24-11-9-23(3)10-12-24/h6-12,20,22,26,28H,13-19,21H2,1-5H3. The Balaban J connectivity index is 1.63. The van der Waals surface area contributed by atoms with Gasteiger partial charge in [-0.05, 0) is 67.7 Å². The van der Waals surface area contributed by atoms with Crippen LogP contribution in [0.2, 0.25) is 0 Å². The number of amides is 2. The van der Waals surface area contributed by atoms with Gasteiger partial charge in [-0.2, -0.15) is 0 Å². The number of carbonyl (C=O) groups excluding carboxylic acids is 2. The summed E-state index contributed by atoms with van der Waals surface area (Å²) in [5.74, 6) is 1.97. The predicted octanol–water partition coefficient (Wildman–Crippen LogP) is 5.29. The van der Waals surface area contributed by atoms with E-state index in [1.54, 1.807) is 7.11 Å². The van der Waals surface area contributed by atoms with E-state index >= 15 is 0 Å². The zero-order valence-corrected chi connectivity index (χ0v) is 22.1. The van der Waals surface area contributed by atoms with Crippen molar-refractivity contribution in [2.75, 3.05) is 27.2 Å². The smallest absolute Gasteiger partial charge is 0.222 e. The van der Waals surface area contributed by atoms with Crippen LogP contribution in [0.15, 0.2) is 48.5 Å². The minimum atomic E-state index is 0.109. The van der Waals surface area contributed by atoms with Crippen molar-refractivity contribution in [1.29, 1.82) is 0 Å². The van der Waals surface area contributed by atoms with Crippen LogP contribution < -0.4 is 4.74 Å². The summed E-state index contributed by atoms with van der Waals surface area (Å²) < 4.78 is 5.42. The molecule has 1 atom stereocenters. The summed E-state index contributed by atoms with van der Waals surface area (Å²) in [6.45, 7) is 7.78. The monoisotopic (exact) mass is 478 g/mol. The number of hydrogen-bond donors (Lipinski definition) is 0. The first-order valence-corrected chi connectivity index (χ1v) is 13.0. The molecule has 3 rings (SSSR count). The maximum absolute atomic E-state index is 13.0. The van der Waals surface area contributed by atoms with Crippen LogP contribution >= 0.6 is 0 Å². The number of likely N-dealkylation sites (tertiary alicyclic amines) is 1. The molecular formula is C30H42N2O3. The Kier molecular flexibility index (Phi) is 9.76. The maximum atomic E-state index is 13.0. The molecule has 0 aromatic heterocycles. The summed E-state index contributed by atoms with van der Waals surface area (Å²) in [5, 5.41) is 0. The first-order valence-electron chi connectivity index (χ1n) is 13.0. The Bertz CT molecular complexity index is 962. The van der Waals surface area contributed by atoms with E-state index in [4.69, 9.17) is 4.74 Å². The molecule has 0 spiro atoms. The molecule has 0 aliphatic carbocycles. The fourth-order valence-corrected chi connectivity index (χ4v) is 5.04. The highest BCUT2D eigenvalue weighted by Crippen LogP contribution is 2.28. The summed E-state index contributed by atoms with van der Waals surface area (Å²) >= 11 is 0. The number of ether oxygens (including phenoxy) is 1. The van der Waals surface area contributed by atoms with Gasteiger partial charge in [-0.3, -0.25) is 9.59 Å². The Morgan fingerprint density at radius 3 is 2.37 bits per heavy atom. The van der Waals surface area contributed by atoms with Crippen molar-refractivity contribution in [1.82, 2.24) is 9.80 Å². The van der Waals surface area contributed by atoms with Crippen LogP contribution in [0.4, 0.5) is 0 Å². The van der Waals surface area contributed by atoms with E-state index in [1.165, 1.54) is 16.7 Å². The van der Waals surface area contributed by atoms with Crippen LogP contribution in [0.3, 0.4) is 0 Å². The second-order valence-electron chi connectivity index (χ2n) is 10.4. The second-order valence-corrected chi connectivity index (χ2v) is 10.4. The molecule has 1 aliphatic rings. The molecule has 0 bridgehead atoms. The van der Waals surface area contributed by atoms with Gasteiger partial charge in [0.05, 0.1) is 7.11 Å². The Hall–Kier alpha value is -2.82. The fourth-order valence-electron chi connectivity index (χ4n) is 5.04. The van der Waals surface area contributed by atoms with Crippen LogP contribution in [-0.4, -0.2) is 54.9 Å². The van der Waals surface area contributed by atoms with Gasteiger partial charge in [0, 0.05) is 39.0 Å². The number of piperidine rings is 1. The normalized spacial score (nSPS) is 15.2. The number of likely N-dealkylation sites (N-methyl/N-ethyl adjacent to an activating group) is 1. The average Bonchev–Trinajstić information content (AvgIpc) is 2.86. The molecule has 1 aliphatic heterocycles. The lowest BCUT2D eigenvalue weighted by atomic mass is 9.84. The summed E-state index contributed by atoms with van der Waals surface area (Å²) in [7, 11) is 3.63. The van der Waals surface area contributed by atoms with Crippen LogP contribution in [0, 0.1) is 18.8 Å². The van der Waals surface area contributed by atoms with Gasteiger partial charge in [0.2, 0.25) is 11.8 Å². The third-order valence-corrected chi connectivity index (χ3v) is 7.24. The zero-order chi connectivity index (χ0) is 25.4. The number of nitrogens with zero attached hydrogens (tertiary/aromatic N) is 2. The van der Waals surface area contributed by atoms with Crippen molar-refractivity contribution in [3.63, 3.8) is 0 Å². The molecule has 0 radical (unpaired) electrons. The van der Waals surface area contributed by atoms with Gasteiger partial charge in [0.25, 0.3) is 0 Å². The van der Waals surface area contributed by atoms with Crippen LogP contribution in [0.5, 0.6) is 5.75 Å². The van der Waals surface area contributed by atoms with Crippen LogP contribution in [0.1, 0.15) is 56.2 Å².